The lowest BCUT2D eigenvalue weighted by Crippen LogP contribution is -2.28. The highest BCUT2D eigenvalue weighted by atomic mass is 32.2. The maximum absolute atomic E-state index is 12.3. The first-order valence-corrected chi connectivity index (χ1v) is 7.91. The molecule has 0 bridgehead atoms. The normalized spacial score (nSPS) is 10.7. The molecule has 3 rings (SSSR count). The summed E-state index contributed by atoms with van der Waals surface area (Å²) in [6.07, 6.45) is 1.60. The van der Waals surface area contributed by atoms with Gasteiger partial charge in [-0.25, -0.2) is 9.97 Å². The summed E-state index contributed by atoms with van der Waals surface area (Å²) in [6, 6.07) is 11.0. The highest BCUT2D eigenvalue weighted by molar-refractivity contribution is 7.99. The minimum absolute atomic E-state index is 0.0655. The Morgan fingerprint density at radius 1 is 1.30 bits per heavy atom. The first kappa shape index (κ1) is 15.4. The van der Waals surface area contributed by atoms with Crippen LogP contribution in [0.4, 0.5) is 5.69 Å². The maximum Gasteiger partial charge on any atom is 0.257 e. The predicted octanol–water partition coefficient (Wildman–Crippen LogP) is 2.99. The zero-order chi connectivity index (χ0) is 16.2. The SMILES string of the molecule is COc1ccc(N(C)C(=O)CSc2nc3ccccc3o2)cn1. The second kappa shape index (κ2) is 6.70. The number of thioether (sulfide) groups is 1. The van der Waals surface area contributed by atoms with Gasteiger partial charge in [0.05, 0.1) is 24.7 Å². The molecule has 0 fully saturated rings. The van der Waals surface area contributed by atoms with Gasteiger partial charge < -0.3 is 14.1 Å². The molecule has 0 aliphatic heterocycles. The molecule has 0 aliphatic rings. The smallest absolute Gasteiger partial charge is 0.257 e. The van der Waals surface area contributed by atoms with Crippen molar-refractivity contribution in [1.82, 2.24) is 9.97 Å². The van der Waals surface area contributed by atoms with Crippen molar-refractivity contribution in [2.24, 2.45) is 0 Å². The fourth-order valence-electron chi connectivity index (χ4n) is 1.97. The van der Waals surface area contributed by atoms with Crippen molar-refractivity contribution in [1.29, 1.82) is 0 Å². The Kier molecular flexibility index (Phi) is 4.47. The average Bonchev–Trinajstić information content (AvgIpc) is 3.02. The minimum atomic E-state index is -0.0655. The summed E-state index contributed by atoms with van der Waals surface area (Å²) < 4.78 is 10.6. The van der Waals surface area contributed by atoms with Crippen LogP contribution in [0.2, 0.25) is 0 Å². The van der Waals surface area contributed by atoms with Crippen LogP contribution in [-0.4, -0.2) is 35.8 Å². The molecule has 118 valence electrons. The van der Waals surface area contributed by atoms with E-state index in [2.05, 4.69) is 9.97 Å². The van der Waals surface area contributed by atoms with Gasteiger partial charge in [0, 0.05) is 13.1 Å². The Labute approximate surface area is 137 Å². The lowest BCUT2D eigenvalue weighted by Gasteiger charge is -2.16. The van der Waals surface area contributed by atoms with Gasteiger partial charge in [-0.05, 0) is 18.2 Å². The van der Waals surface area contributed by atoms with E-state index in [4.69, 9.17) is 9.15 Å². The molecule has 0 saturated heterocycles. The molecule has 0 atom stereocenters. The monoisotopic (exact) mass is 329 g/mol. The summed E-state index contributed by atoms with van der Waals surface area (Å²) in [4.78, 5) is 22.2. The Morgan fingerprint density at radius 2 is 2.13 bits per heavy atom. The predicted molar refractivity (Wildman–Crippen MR) is 88.9 cm³/mol. The molecule has 2 heterocycles. The fourth-order valence-corrected chi connectivity index (χ4v) is 2.72. The molecule has 2 aromatic heterocycles. The Bertz CT molecular complexity index is 784. The van der Waals surface area contributed by atoms with Crippen LogP contribution in [0.5, 0.6) is 5.88 Å². The molecular weight excluding hydrogens is 314 g/mol. The third-order valence-corrected chi connectivity index (χ3v) is 4.10. The topological polar surface area (TPSA) is 68.5 Å². The van der Waals surface area contributed by atoms with E-state index in [1.165, 1.54) is 11.8 Å². The number of oxazole rings is 1. The lowest BCUT2D eigenvalue weighted by atomic mass is 10.3. The number of ether oxygens (including phenoxy) is 1. The quantitative estimate of drug-likeness (QED) is 0.670. The van der Waals surface area contributed by atoms with Gasteiger partial charge in [0.25, 0.3) is 5.22 Å². The third-order valence-electron chi connectivity index (χ3n) is 3.28. The molecule has 0 unspecified atom stereocenters. The van der Waals surface area contributed by atoms with E-state index in [1.807, 2.05) is 24.3 Å². The van der Waals surface area contributed by atoms with Crippen molar-refractivity contribution in [3.05, 3.63) is 42.6 Å². The lowest BCUT2D eigenvalue weighted by molar-refractivity contribution is -0.115. The summed E-state index contributed by atoms with van der Waals surface area (Å²) in [5.41, 5.74) is 2.21. The molecule has 0 radical (unpaired) electrons. The van der Waals surface area contributed by atoms with E-state index in [-0.39, 0.29) is 11.7 Å². The third kappa shape index (κ3) is 3.45. The number of para-hydroxylation sites is 2. The van der Waals surface area contributed by atoms with Crippen LogP contribution in [0.25, 0.3) is 11.1 Å². The second-order valence-electron chi connectivity index (χ2n) is 4.75. The summed E-state index contributed by atoms with van der Waals surface area (Å²) in [7, 11) is 3.26. The Balaban J connectivity index is 1.63. The Morgan fingerprint density at radius 3 is 2.83 bits per heavy atom. The van der Waals surface area contributed by atoms with Crippen LogP contribution < -0.4 is 9.64 Å². The highest BCUT2D eigenvalue weighted by Crippen LogP contribution is 2.24. The number of fused-ring (bicyclic) bond motifs is 1. The van der Waals surface area contributed by atoms with Crippen LogP contribution in [-0.2, 0) is 4.79 Å². The van der Waals surface area contributed by atoms with Gasteiger partial charge in [0.2, 0.25) is 11.8 Å². The van der Waals surface area contributed by atoms with Gasteiger partial charge >= 0.3 is 0 Å². The molecule has 0 saturated carbocycles. The second-order valence-corrected chi connectivity index (χ2v) is 5.67. The molecule has 1 amide bonds. The molecule has 23 heavy (non-hydrogen) atoms. The van der Waals surface area contributed by atoms with E-state index in [0.717, 1.165) is 11.1 Å². The first-order valence-electron chi connectivity index (χ1n) is 6.92. The number of hydrogen-bond acceptors (Lipinski definition) is 6. The van der Waals surface area contributed by atoms with Crippen molar-refractivity contribution in [3.63, 3.8) is 0 Å². The van der Waals surface area contributed by atoms with Crippen LogP contribution in [0.15, 0.2) is 52.2 Å². The number of aromatic nitrogens is 2. The van der Waals surface area contributed by atoms with E-state index in [9.17, 15) is 4.79 Å². The average molecular weight is 329 g/mol. The summed E-state index contributed by atoms with van der Waals surface area (Å²) >= 11 is 1.27. The number of anilines is 1. The van der Waals surface area contributed by atoms with E-state index < -0.39 is 0 Å². The number of pyridine rings is 1. The first-order chi connectivity index (χ1) is 11.2. The molecule has 1 aromatic carbocycles. The molecular formula is C16H15N3O3S. The fraction of sp³-hybridized carbons (Fsp3) is 0.188. The van der Waals surface area contributed by atoms with Gasteiger partial charge in [-0.1, -0.05) is 23.9 Å². The zero-order valence-corrected chi connectivity index (χ0v) is 13.5. The maximum atomic E-state index is 12.3. The highest BCUT2D eigenvalue weighted by Gasteiger charge is 2.14. The number of rotatable bonds is 5. The number of methoxy groups -OCH3 is 1. The number of carbonyl (C=O) groups excluding carboxylic acids is 1. The summed E-state index contributed by atoms with van der Waals surface area (Å²) in [5.74, 6) is 0.676. The van der Waals surface area contributed by atoms with Crippen LogP contribution in [0.1, 0.15) is 0 Å². The molecule has 6 nitrogen and oxygen atoms in total. The standard InChI is InChI=1S/C16H15N3O3S/c1-19(11-7-8-14(21-2)17-9-11)15(20)10-23-16-18-12-5-3-4-6-13(12)22-16/h3-9H,10H2,1-2H3. The molecule has 7 heteroatoms. The largest absolute Gasteiger partial charge is 0.481 e. The summed E-state index contributed by atoms with van der Waals surface area (Å²) in [6.45, 7) is 0. The zero-order valence-electron chi connectivity index (χ0n) is 12.7. The van der Waals surface area contributed by atoms with Crippen molar-refractivity contribution in [2.75, 3.05) is 24.8 Å². The number of nitrogens with zero attached hydrogens (tertiary/aromatic N) is 3. The minimum Gasteiger partial charge on any atom is -0.481 e. The summed E-state index contributed by atoms with van der Waals surface area (Å²) in [5, 5.41) is 0.487. The molecule has 0 aliphatic carbocycles. The van der Waals surface area contributed by atoms with E-state index in [0.29, 0.717) is 16.8 Å². The van der Waals surface area contributed by atoms with Crippen molar-refractivity contribution >= 4 is 34.5 Å². The number of carbonyl (C=O) groups is 1. The number of hydrogen-bond donors (Lipinski definition) is 0. The molecule has 0 spiro atoms. The van der Waals surface area contributed by atoms with Crippen LogP contribution in [0, 0.1) is 0 Å². The number of benzene rings is 1. The van der Waals surface area contributed by atoms with Gasteiger partial charge in [-0.3, -0.25) is 4.79 Å². The number of amides is 1. The van der Waals surface area contributed by atoms with Gasteiger partial charge in [-0.2, -0.15) is 0 Å². The van der Waals surface area contributed by atoms with E-state index >= 15 is 0 Å². The van der Waals surface area contributed by atoms with Crippen molar-refractivity contribution in [3.8, 4) is 5.88 Å². The van der Waals surface area contributed by atoms with Crippen molar-refractivity contribution < 1.29 is 13.9 Å². The van der Waals surface area contributed by atoms with E-state index in [1.54, 1.807) is 37.4 Å². The van der Waals surface area contributed by atoms with Gasteiger partial charge in [-0.15, -0.1) is 0 Å². The van der Waals surface area contributed by atoms with Gasteiger partial charge in [0.1, 0.15) is 5.52 Å². The van der Waals surface area contributed by atoms with Crippen molar-refractivity contribution in [2.45, 2.75) is 5.22 Å². The van der Waals surface area contributed by atoms with Gasteiger partial charge in [0.15, 0.2) is 5.58 Å². The van der Waals surface area contributed by atoms with Crippen LogP contribution >= 0.6 is 11.8 Å². The Hall–Kier alpha value is -2.54. The molecule has 3 aromatic rings. The molecule has 0 N–H and O–H groups in total. The van der Waals surface area contributed by atoms with Crippen LogP contribution in [0.3, 0.4) is 0 Å².